The first-order valence-corrected chi connectivity index (χ1v) is 5.15. The lowest BCUT2D eigenvalue weighted by molar-refractivity contribution is 1.44. The Labute approximate surface area is 89.3 Å². The van der Waals surface area contributed by atoms with E-state index >= 15 is 0 Å². The van der Waals surface area contributed by atoms with Gasteiger partial charge in [-0.1, -0.05) is 60.7 Å². The molecule has 0 saturated carbocycles. The third-order valence-corrected chi connectivity index (χ3v) is 2.77. The van der Waals surface area contributed by atoms with Crippen molar-refractivity contribution in [2.75, 3.05) is 0 Å². The van der Waals surface area contributed by atoms with Crippen molar-refractivity contribution in [3.05, 3.63) is 70.5 Å². The molecular weight excluding hydrogens is 180 g/mol. The fourth-order valence-corrected chi connectivity index (χ4v) is 2.02. The van der Waals surface area contributed by atoms with E-state index in [1.54, 1.807) is 0 Å². The molecule has 2 aliphatic rings. The molecule has 0 aliphatic heterocycles. The number of hydrogen-bond donors (Lipinski definition) is 0. The maximum atomic E-state index is 2.18. The Kier molecular flexibility index (Phi) is 1.92. The molecule has 1 aromatic rings. The van der Waals surface area contributed by atoms with Crippen molar-refractivity contribution in [3.8, 4) is 0 Å². The van der Waals surface area contributed by atoms with Crippen molar-refractivity contribution in [2.24, 2.45) is 0 Å². The van der Waals surface area contributed by atoms with Crippen LogP contribution in [-0.2, 0) is 0 Å². The molecule has 2 aliphatic carbocycles. The van der Waals surface area contributed by atoms with Gasteiger partial charge in [0.1, 0.15) is 0 Å². The molecule has 0 saturated heterocycles. The molecule has 0 spiro atoms. The average molecular weight is 191 g/mol. The lowest BCUT2D eigenvalue weighted by Crippen LogP contribution is -2.27. The van der Waals surface area contributed by atoms with E-state index in [0.29, 0.717) is 0 Å². The third-order valence-electron chi connectivity index (χ3n) is 2.77. The number of hydrogen-bond acceptors (Lipinski definition) is 0. The van der Waals surface area contributed by atoms with Gasteiger partial charge in [-0.25, -0.2) is 0 Å². The summed E-state index contributed by atoms with van der Waals surface area (Å²) < 4.78 is 0. The smallest absolute Gasteiger partial charge is 0.0131 e. The van der Waals surface area contributed by atoms with Crippen LogP contribution in [0, 0.1) is 6.42 Å². The van der Waals surface area contributed by atoms with E-state index in [-0.39, 0.29) is 0 Å². The van der Waals surface area contributed by atoms with Crippen LogP contribution in [0.4, 0.5) is 0 Å². The summed E-state index contributed by atoms with van der Waals surface area (Å²) in [5, 5.41) is 2.60. The van der Waals surface area contributed by atoms with Gasteiger partial charge in [0.05, 0.1) is 0 Å². The van der Waals surface area contributed by atoms with Gasteiger partial charge in [0.25, 0.3) is 0 Å². The Morgan fingerprint density at radius 1 is 0.733 bits per heavy atom. The molecule has 0 heterocycles. The van der Waals surface area contributed by atoms with Gasteiger partial charge >= 0.3 is 0 Å². The Morgan fingerprint density at radius 3 is 2.53 bits per heavy atom. The van der Waals surface area contributed by atoms with Gasteiger partial charge in [-0.15, -0.1) is 0 Å². The van der Waals surface area contributed by atoms with E-state index < -0.39 is 0 Å². The lowest BCUT2D eigenvalue weighted by atomic mass is 10.0. The van der Waals surface area contributed by atoms with Crippen molar-refractivity contribution < 1.29 is 0 Å². The SMILES string of the molecule is [CH]1C=Cc2c1ccc1/c2=C\C=C/C=C\C=1. The molecule has 0 bridgehead atoms. The fraction of sp³-hybridized carbons (Fsp3) is 0. The summed E-state index contributed by atoms with van der Waals surface area (Å²) >= 11 is 0. The molecule has 15 heavy (non-hydrogen) atoms. The molecular formula is C15H11. The van der Waals surface area contributed by atoms with E-state index in [2.05, 4.69) is 67.2 Å². The zero-order valence-electron chi connectivity index (χ0n) is 8.35. The van der Waals surface area contributed by atoms with E-state index in [1.165, 1.54) is 21.6 Å². The van der Waals surface area contributed by atoms with Gasteiger partial charge in [-0.2, -0.15) is 0 Å². The van der Waals surface area contributed by atoms with Crippen LogP contribution in [-0.4, -0.2) is 0 Å². The fourth-order valence-electron chi connectivity index (χ4n) is 2.02. The molecule has 0 fully saturated rings. The predicted octanol–water partition coefficient (Wildman–Crippen LogP) is 1.95. The van der Waals surface area contributed by atoms with Gasteiger partial charge in [0, 0.05) is 6.42 Å². The van der Waals surface area contributed by atoms with Crippen LogP contribution < -0.4 is 10.4 Å². The van der Waals surface area contributed by atoms with Gasteiger partial charge in [0.15, 0.2) is 0 Å². The minimum absolute atomic E-state index is 1.29. The van der Waals surface area contributed by atoms with E-state index in [4.69, 9.17) is 0 Å². The molecule has 0 unspecified atom stereocenters. The summed E-state index contributed by atoms with van der Waals surface area (Å²) in [5.74, 6) is 0. The first kappa shape index (κ1) is 8.49. The van der Waals surface area contributed by atoms with Crippen LogP contribution >= 0.6 is 0 Å². The molecule has 0 N–H and O–H groups in total. The largest absolute Gasteiger partial charge is 0.0754 e. The Morgan fingerprint density at radius 2 is 1.60 bits per heavy atom. The van der Waals surface area contributed by atoms with Crippen molar-refractivity contribution in [2.45, 2.75) is 0 Å². The lowest BCUT2D eigenvalue weighted by Gasteiger charge is -2.00. The van der Waals surface area contributed by atoms with E-state index in [9.17, 15) is 0 Å². The molecule has 0 nitrogen and oxygen atoms in total. The highest BCUT2D eigenvalue weighted by molar-refractivity contribution is 5.68. The van der Waals surface area contributed by atoms with Crippen molar-refractivity contribution in [1.82, 2.24) is 0 Å². The van der Waals surface area contributed by atoms with Crippen LogP contribution in [0.15, 0.2) is 42.5 Å². The van der Waals surface area contributed by atoms with Gasteiger partial charge in [-0.05, 0) is 21.6 Å². The molecule has 1 aromatic carbocycles. The van der Waals surface area contributed by atoms with E-state index in [0.717, 1.165) is 0 Å². The highest BCUT2D eigenvalue weighted by Crippen LogP contribution is 2.15. The second kappa shape index (κ2) is 3.39. The van der Waals surface area contributed by atoms with Crippen LogP contribution in [0.5, 0.6) is 0 Å². The zero-order chi connectivity index (χ0) is 10.1. The van der Waals surface area contributed by atoms with Crippen LogP contribution in [0.1, 0.15) is 11.1 Å². The van der Waals surface area contributed by atoms with E-state index in [1.807, 2.05) is 0 Å². The van der Waals surface area contributed by atoms with Gasteiger partial charge in [-0.3, -0.25) is 0 Å². The maximum Gasteiger partial charge on any atom is 0.0131 e. The molecule has 1 radical (unpaired) electrons. The number of fused-ring (bicyclic) bond motifs is 3. The standard InChI is InChI=1S/C15H11/c1-2-4-8-14-12(6-3-1)10-11-13-7-5-9-15(13)14/h1-11H/b2-1?,3-1-,4-2-,6-3?,8-4?,12-6-,14-8+. The Hall–Kier alpha value is -1.82. The van der Waals surface area contributed by atoms with Gasteiger partial charge in [0.2, 0.25) is 0 Å². The first-order chi connectivity index (χ1) is 7.45. The monoisotopic (exact) mass is 191 g/mol. The highest BCUT2D eigenvalue weighted by atomic mass is 14.1. The Bertz CT molecular complexity index is 596. The minimum atomic E-state index is 1.29. The third kappa shape index (κ3) is 1.39. The van der Waals surface area contributed by atoms with Crippen LogP contribution in [0.25, 0.3) is 18.2 Å². The van der Waals surface area contributed by atoms with Crippen LogP contribution in [0.2, 0.25) is 0 Å². The molecule has 0 heteroatoms. The first-order valence-electron chi connectivity index (χ1n) is 5.15. The molecule has 0 atom stereocenters. The molecule has 0 amide bonds. The highest BCUT2D eigenvalue weighted by Gasteiger charge is 2.06. The maximum absolute atomic E-state index is 2.18. The summed E-state index contributed by atoms with van der Waals surface area (Å²) in [4.78, 5) is 0. The van der Waals surface area contributed by atoms with Crippen molar-refractivity contribution in [3.63, 3.8) is 0 Å². The minimum Gasteiger partial charge on any atom is -0.0754 e. The second-order valence-electron chi connectivity index (χ2n) is 3.70. The second-order valence-corrected chi connectivity index (χ2v) is 3.70. The number of rotatable bonds is 0. The summed E-state index contributed by atoms with van der Waals surface area (Å²) in [5.41, 5.74) is 2.65. The topological polar surface area (TPSA) is 0 Å². The predicted molar refractivity (Wildman–Crippen MR) is 65.3 cm³/mol. The molecule has 0 aromatic heterocycles. The molecule has 3 rings (SSSR count). The Balaban J connectivity index is 2.45. The summed E-state index contributed by atoms with van der Waals surface area (Å²) in [6.07, 6.45) is 19.1. The normalized spacial score (nSPS) is 24.8. The number of allylic oxidation sites excluding steroid dienone is 5. The molecule has 71 valence electrons. The number of benzene rings is 1. The van der Waals surface area contributed by atoms with Crippen molar-refractivity contribution >= 4 is 18.2 Å². The quantitative estimate of drug-likeness (QED) is 0.588. The van der Waals surface area contributed by atoms with Crippen molar-refractivity contribution in [1.29, 1.82) is 0 Å². The summed E-state index contributed by atoms with van der Waals surface area (Å²) in [6.45, 7) is 0. The summed E-state index contributed by atoms with van der Waals surface area (Å²) in [7, 11) is 0. The van der Waals surface area contributed by atoms with Crippen LogP contribution in [0.3, 0.4) is 0 Å². The average Bonchev–Trinajstić information content (AvgIpc) is 2.65. The zero-order valence-corrected chi connectivity index (χ0v) is 8.35. The van der Waals surface area contributed by atoms with Gasteiger partial charge < -0.3 is 0 Å². The summed E-state index contributed by atoms with van der Waals surface area (Å²) in [6, 6.07) is 4.36.